The van der Waals surface area contributed by atoms with Gasteiger partial charge < -0.3 is 10.2 Å². The average Bonchev–Trinajstić information content (AvgIpc) is 3.06. The van der Waals surface area contributed by atoms with Crippen molar-refractivity contribution in [1.29, 1.82) is 0 Å². The Morgan fingerprint density at radius 2 is 0.976 bits per heavy atom. The molecule has 0 aromatic heterocycles. The van der Waals surface area contributed by atoms with Crippen LogP contribution < -0.4 is 10.2 Å². The maximum atomic E-state index is 3.58. The zero-order chi connectivity index (χ0) is 28.1. The molecule has 6 aromatic rings. The molecule has 0 amide bonds. The predicted molar refractivity (Wildman–Crippen MR) is 179 cm³/mol. The van der Waals surface area contributed by atoms with E-state index >= 15 is 0 Å². The molecule has 0 aliphatic carbocycles. The molecule has 42 heavy (non-hydrogen) atoms. The molecule has 0 fully saturated rings. The van der Waals surface area contributed by atoms with Crippen LogP contribution in [0.4, 0.5) is 28.4 Å². The van der Waals surface area contributed by atoms with Crippen molar-refractivity contribution in [3.63, 3.8) is 0 Å². The lowest BCUT2D eigenvalue weighted by atomic mass is 9.91. The zero-order valence-electron chi connectivity index (χ0n) is 23.2. The van der Waals surface area contributed by atoms with Crippen LogP contribution in [0.15, 0.2) is 170 Å². The van der Waals surface area contributed by atoms with E-state index in [-0.39, 0.29) is 0 Å². The highest BCUT2D eigenvalue weighted by Gasteiger charge is 2.18. The summed E-state index contributed by atoms with van der Waals surface area (Å²) in [5.41, 5.74) is 12.7. The number of nitrogens with one attached hydrogen (secondary N) is 1. The van der Waals surface area contributed by atoms with E-state index in [1.54, 1.807) is 0 Å². The molecule has 2 nitrogen and oxygen atoms in total. The topological polar surface area (TPSA) is 15.3 Å². The van der Waals surface area contributed by atoms with Crippen molar-refractivity contribution >= 4 is 40.1 Å². The zero-order valence-corrected chi connectivity index (χ0v) is 23.2. The van der Waals surface area contributed by atoms with E-state index in [0.29, 0.717) is 0 Å². The van der Waals surface area contributed by atoms with E-state index in [0.717, 1.165) is 34.0 Å². The molecule has 2 heteroatoms. The number of nitrogens with zero attached hydrogens (tertiary/aromatic N) is 1. The van der Waals surface area contributed by atoms with Crippen LogP contribution in [-0.2, 0) is 0 Å². The highest BCUT2D eigenvalue weighted by molar-refractivity contribution is 5.97. The van der Waals surface area contributed by atoms with Crippen LogP contribution in [-0.4, -0.2) is 0 Å². The van der Waals surface area contributed by atoms with E-state index < -0.39 is 0 Å². The Morgan fingerprint density at radius 3 is 1.57 bits per heavy atom. The molecule has 200 valence electrons. The van der Waals surface area contributed by atoms with Gasteiger partial charge in [0.05, 0.1) is 0 Å². The first-order valence-corrected chi connectivity index (χ1v) is 14.3. The highest BCUT2D eigenvalue weighted by atomic mass is 15.1. The molecular formula is C40H30N2. The van der Waals surface area contributed by atoms with Crippen molar-refractivity contribution in [1.82, 2.24) is 0 Å². The van der Waals surface area contributed by atoms with Crippen molar-refractivity contribution in [3.05, 3.63) is 187 Å². The first-order chi connectivity index (χ1) is 20.8. The monoisotopic (exact) mass is 538 g/mol. The van der Waals surface area contributed by atoms with Crippen molar-refractivity contribution in [3.8, 4) is 11.1 Å². The lowest BCUT2D eigenvalue weighted by molar-refractivity contribution is 1.28. The Morgan fingerprint density at radius 1 is 0.452 bits per heavy atom. The Bertz CT molecular complexity index is 1800. The van der Waals surface area contributed by atoms with Gasteiger partial charge in [-0.2, -0.15) is 0 Å². The maximum Gasteiger partial charge on any atom is 0.0473 e. The third kappa shape index (κ3) is 5.14. The van der Waals surface area contributed by atoms with E-state index in [1.165, 1.54) is 27.8 Å². The summed E-state index contributed by atoms with van der Waals surface area (Å²) in [6.45, 7) is 0. The summed E-state index contributed by atoms with van der Waals surface area (Å²) in [4.78, 5) is 2.32. The van der Waals surface area contributed by atoms with E-state index in [1.807, 2.05) is 0 Å². The number of hydrogen-bond donors (Lipinski definition) is 1. The van der Waals surface area contributed by atoms with Gasteiger partial charge in [0.15, 0.2) is 0 Å². The lowest BCUT2D eigenvalue weighted by Gasteiger charge is -2.26. The van der Waals surface area contributed by atoms with E-state index in [4.69, 9.17) is 0 Å². The fraction of sp³-hybridized carbons (Fsp3) is 0. The second kappa shape index (κ2) is 11.5. The van der Waals surface area contributed by atoms with Gasteiger partial charge >= 0.3 is 0 Å². The van der Waals surface area contributed by atoms with Gasteiger partial charge in [-0.05, 0) is 76.9 Å². The van der Waals surface area contributed by atoms with Crippen LogP contribution in [0.1, 0.15) is 16.7 Å². The van der Waals surface area contributed by atoms with E-state index in [9.17, 15) is 0 Å². The lowest BCUT2D eigenvalue weighted by Crippen LogP contribution is -2.10. The molecule has 1 aliphatic rings. The normalized spacial score (nSPS) is 11.9. The smallest absolute Gasteiger partial charge is 0.0473 e. The molecule has 0 radical (unpaired) electrons. The van der Waals surface area contributed by atoms with Gasteiger partial charge in [0.25, 0.3) is 0 Å². The summed E-state index contributed by atoms with van der Waals surface area (Å²) in [6.07, 6.45) is 6.63. The molecule has 6 aromatic carbocycles. The van der Waals surface area contributed by atoms with Crippen molar-refractivity contribution in [2.45, 2.75) is 0 Å². The number of hydrogen-bond acceptors (Lipinski definition) is 2. The van der Waals surface area contributed by atoms with Crippen molar-refractivity contribution in [2.24, 2.45) is 0 Å². The Labute approximate surface area is 247 Å². The van der Waals surface area contributed by atoms with E-state index in [2.05, 4.69) is 186 Å². The van der Waals surface area contributed by atoms with Gasteiger partial charge in [-0.25, -0.2) is 0 Å². The minimum atomic E-state index is 1.11. The number of anilines is 5. The Hall–Kier alpha value is -5.60. The number of allylic oxidation sites excluding steroid dienone is 2. The molecule has 0 saturated carbocycles. The summed E-state index contributed by atoms with van der Waals surface area (Å²) in [5, 5.41) is 3.58. The fourth-order valence-electron chi connectivity index (χ4n) is 5.64. The number of rotatable bonds is 6. The molecule has 0 saturated heterocycles. The molecule has 1 heterocycles. The second-order valence-corrected chi connectivity index (χ2v) is 10.3. The van der Waals surface area contributed by atoms with Crippen LogP contribution in [0.3, 0.4) is 0 Å². The van der Waals surface area contributed by atoms with Crippen LogP contribution in [0, 0.1) is 0 Å². The third-order valence-electron chi connectivity index (χ3n) is 7.59. The number of para-hydroxylation sites is 4. The molecule has 0 bridgehead atoms. The molecular weight excluding hydrogens is 508 g/mol. The quantitative estimate of drug-likeness (QED) is 0.226. The summed E-state index contributed by atoms with van der Waals surface area (Å²) in [7, 11) is 0. The summed E-state index contributed by atoms with van der Waals surface area (Å²) < 4.78 is 0. The van der Waals surface area contributed by atoms with Gasteiger partial charge in [0, 0.05) is 39.6 Å². The van der Waals surface area contributed by atoms with Gasteiger partial charge in [0.2, 0.25) is 0 Å². The fourth-order valence-corrected chi connectivity index (χ4v) is 5.64. The minimum Gasteiger partial charge on any atom is -0.355 e. The van der Waals surface area contributed by atoms with Crippen molar-refractivity contribution < 1.29 is 0 Å². The highest BCUT2D eigenvalue weighted by Crippen LogP contribution is 2.41. The van der Waals surface area contributed by atoms with Gasteiger partial charge in [-0.3, -0.25) is 0 Å². The average molecular weight is 539 g/mol. The van der Waals surface area contributed by atoms with Crippen molar-refractivity contribution in [2.75, 3.05) is 10.2 Å². The maximum absolute atomic E-state index is 3.58. The van der Waals surface area contributed by atoms with Gasteiger partial charge in [-0.15, -0.1) is 0 Å². The number of fused-ring (bicyclic) bond motifs is 2. The Kier molecular flexibility index (Phi) is 6.94. The Balaban J connectivity index is 1.35. The largest absolute Gasteiger partial charge is 0.355 e. The van der Waals surface area contributed by atoms with Crippen LogP contribution in [0.2, 0.25) is 0 Å². The summed E-state index contributed by atoms with van der Waals surface area (Å²) in [6, 6.07) is 55.6. The predicted octanol–water partition coefficient (Wildman–Crippen LogP) is 11.0. The minimum absolute atomic E-state index is 1.11. The molecule has 0 atom stereocenters. The second-order valence-electron chi connectivity index (χ2n) is 10.3. The summed E-state index contributed by atoms with van der Waals surface area (Å²) >= 11 is 0. The molecule has 1 aliphatic heterocycles. The van der Waals surface area contributed by atoms with Crippen LogP contribution >= 0.6 is 0 Å². The van der Waals surface area contributed by atoms with Crippen LogP contribution in [0.5, 0.6) is 0 Å². The third-order valence-corrected chi connectivity index (χ3v) is 7.59. The molecule has 1 N–H and O–H groups in total. The number of benzene rings is 6. The molecule has 0 unspecified atom stereocenters. The van der Waals surface area contributed by atoms with Crippen LogP contribution in [0.25, 0.3) is 22.8 Å². The SMILES string of the molecule is C(=Cc1cc(-c2ccccc2)cc(N(c2ccccc2)c2ccccc2)c1)C=C1c2ccccc2Nc2ccccc21. The van der Waals surface area contributed by atoms with Gasteiger partial charge in [0.1, 0.15) is 0 Å². The molecule has 0 spiro atoms. The molecule has 7 rings (SSSR count). The van der Waals surface area contributed by atoms with Gasteiger partial charge in [-0.1, -0.05) is 121 Å². The standard InChI is InChI=1S/C40H30N2/c1-4-16-31(17-5-1)32-27-30(28-35(29-32)42(33-18-6-2-7-19-33)34-20-8-3-9-21-34)15-14-24-36-37-22-10-12-25-39(37)41-40-26-13-11-23-38(36)40/h1-29,41H. The summed E-state index contributed by atoms with van der Waals surface area (Å²) in [5.74, 6) is 0. The first kappa shape index (κ1) is 25.4. The first-order valence-electron chi connectivity index (χ1n) is 14.3.